The molecule has 1 aromatic rings. The minimum atomic E-state index is -3.70. The molecule has 0 aliphatic heterocycles. The summed E-state index contributed by atoms with van der Waals surface area (Å²) in [6, 6.07) is 5.01. The molecule has 0 aromatic heterocycles. The maximum Gasteiger partial charge on any atom is 0.251 e. The zero-order chi connectivity index (χ0) is 21.6. The lowest BCUT2D eigenvalue weighted by Crippen LogP contribution is -2.52. The number of amides is 1. The number of rotatable bonds is 7. The third kappa shape index (κ3) is 3.84. The Hall–Kier alpha value is -1.44. The number of hydrogen-bond acceptors (Lipinski definition) is 4. The second-order valence-corrected chi connectivity index (χ2v) is 11.6. The number of nitrogens with one attached hydrogen (secondary N) is 1. The number of nitrogens with zero attached hydrogens (tertiary/aromatic N) is 1. The third-order valence-electron chi connectivity index (χ3n) is 7.29. The van der Waals surface area contributed by atoms with Gasteiger partial charge in [0.25, 0.3) is 5.91 Å². The van der Waals surface area contributed by atoms with E-state index in [2.05, 4.69) is 26.1 Å². The Labute approximate surface area is 175 Å². The van der Waals surface area contributed by atoms with Crippen LogP contribution in [-0.2, 0) is 14.8 Å². The van der Waals surface area contributed by atoms with Crippen LogP contribution in [0.15, 0.2) is 23.1 Å². The normalized spacial score (nSPS) is 28.1. The fourth-order valence-electron chi connectivity index (χ4n) is 5.40. The van der Waals surface area contributed by atoms with E-state index in [0.29, 0.717) is 23.7 Å². The van der Waals surface area contributed by atoms with Crippen LogP contribution in [0, 0.1) is 23.7 Å². The van der Waals surface area contributed by atoms with Crippen molar-refractivity contribution in [2.24, 2.45) is 16.7 Å². The fourth-order valence-corrected chi connectivity index (χ4v) is 6.81. The molecular weight excluding hydrogens is 388 g/mol. The fraction of sp³-hybridized carbons (Fsp3) is 0.682. The molecule has 2 fully saturated rings. The molecule has 3 atom stereocenters. The number of methoxy groups -OCH3 is 1. The van der Waals surface area contributed by atoms with Gasteiger partial charge in [-0.2, -0.15) is 4.31 Å². The van der Waals surface area contributed by atoms with Crippen molar-refractivity contribution in [3.63, 3.8) is 0 Å². The van der Waals surface area contributed by atoms with E-state index >= 15 is 0 Å². The van der Waals surface area contributed by atoms with Gasteiger partial charge in [-0.3, -0.25) is 4.79 Å². The van der Waals surface area contributed by atoms with Crippen LogP contribution in [0.1, 0.15) is 56.0 Å². The number of likely N-dealkylation sites (N-methyl/N-ethyl adjacent to an activating group) is 1. The average Bonchev–Trinajstić information content (AvgIpc) is 3.14. The van der Waals surface area contributed by atoms with E-state index in [1.807, 2.05) is 0 Å². The van der Waals surface area contributed by atoms with E-state index in [9.17, 15) is 13.2 Å². The predicted octanol–water partition coefficient (Wildman–Crippen LogP) is 3.21. The minimum Gasteiger partial charge on any atom is -0.383 e. The van der Waals surface area contributed by atoms with E-state index in [4.69, 9.17) is 4.74 Å². The second-order valence-electron chi connectivity index (χ2n) is 9.62. The first-order valence-electron chi connectivity index (χ1n) is 10.3. The van der Waals surface area contributed by atoms with Crippen molar-refractivity contribution in [1.82, 2.24) is 9.62 Å². The van der Waals surface area contributed by atoms with E-state index in [1.165, 1.54) is 30.9 Å². The molecule has 29 heavy (non-hydrogen) atoms. The van der Waals surface area contributed by atoms with E-state index in [-0.39, 0.29) is 34.2 Å². The van der Waals surface area contributed by atoms with Crippen LogP contribution in [0.4, 0.5) is 0 Å². The highest BCUT2D eigenvalue weighted by molar-refractivity contribution is 7.89. The average molecular weight is 423 g/mol. The van der Waals surface area contributed by atoms with Crippen molar-refractivity contribution in [3.05, 3.63) is 29.3 Å². The number of ether oxygens (including phenoxy) is 1. The first kappa shape index (κ1) is 22.2. The molecule has 162 valence electrons. The summed E-state index contributed by atoms with van der Waals surface area (Å²) in [5.41, 5.74) is 1.17. The topological polar surface area (TPSA) is 75.7 Å². The van der Waals surface area contributed by atoms with Crippen LogP contribution in [0.5, 0.6) is 0 Å². The Morgan fingerprint density at radius 3 is 2.59 bits per heavy atom. The Balaban J connectivity index is 1.85. The molecule has 0 saturated heterocycles. The van der Waals surface area contributed by atoms with Gasteiger partial charge in [0, 0.05) is 32.3 Å². The SMILES string of the molecule is COCCN(C)S(=O)(=O)c1cc(C(=O)NC2C3(C)CCC(C3)C2(C)C)ccc1C. The first-order chi connectivity index (χ1) is 13.4. The summed E-state index contributed by atoms with van der Waals surface area (Å²) < 4.78 is 32.2. The summed E-state index contributed by atoms with van der Waals surface area (Å²) >= 11 is 0. The molecule has 0 radical (unpaired) electrons. The Morgan fingerprint density at radius 2 is 2.00 bits per heavy atom. The summed E-state index contributed by atoms with van der Waals surface area (Å²) in [7, 11) is -0.632. The Morgan fingerprint density at radius 1 is 1.31 bits per heavy atom. The third-order valence-corrected chi connectivity index (χ3v) is 9.29. The monoisotopic (exact) mass is 422 g/mol. The standard InChI is InChI=1S/C22H34N2O4S/c1-15-7-8-16(13-18(15)29(26,27)24(5)11-12-28-6)19(25)23-20-21(2,3)17-9-10-22(20,4)14-17/h7-8,13,17,20H,9-12,14H2,1-6H3,(H,23,25). The van der Waals surface area contributed by atoms with Crippen molar-refractivity contribution in [2.45, 2.75) is 57.9 Å². The molecule has 3 rings (SSSR count). The molecule has 0 spiro atoms. The molecule has 1 aromatic carbocycles. The number of sulfonamides is 1. The molecular formula is C22H34N2O4S. The van der Waals surface area contributed by atoms with Gasteiger partial charge in [0.1, 0.15) is 0 Å². The molecule has 1 amide bonds. The molecule has 2 bridgehead atoms. The van der Waals surface area contributed by atoms with Crippen molar-refractivity contribution in [2.75, 3.05) is 27.3 Å². The van der Waals surface area contributed by atoms with Crippen molar-refractivity contribution < 1.29 is 17.9 Å². The van der Waals surface area contributed by atoms with Crippen LogP contribution in [0.3, 0.4) is 0 Å². The molecule has 6 nitrogen and oxygen atoms in total. The lowest BCUT2D eigenvalue weighted by molar-refractivity contribution is 0.0737. The number of benzene rings is 1. The predicted molar refractivity (Wildman–Crippen MR) is 113 cm³/mol. The Bertz CT molecular complexity index is 891. The quantitative estimate of drug-likeness (QED) is 0.732. The van der Waals surface area contributed by atoms with E-state index in [0.717, 1.165) is 12.8 Å². The van der Waals surface area contributed by atoms with Crippen LogP contribution < -0.4 is 5.32 Å². The van der Waals surface area contributed by atoms with Gasteiger partial charge in [0.05, 0.1) is 11.5 Å². The summed E-state index contributed by atoms with van der Waals surface area (Å²) in [5.74, 6) is 0.425. The zero-order valence-electron chi connectivity index (χ0n) is 18.4. The van der Waals surface area contributed by atoms with E-state index < -0.39 is 10.0 Å². The van der Waals surface area contributed by atoms with Gasteiger partial charge < -0.3 is 10.1 Å². The largest absolute Gasteiger partial charge is 0.383 e. The van der Waals surface area contributed by atoms with Crippen LogP contribution in [0.2, 0.25) is 0 Å². The molecule has 2 aliphatic rings. The number of aryl methyl sites for hydroxylation is 1. The number of fused-ring (bicyclic) bond motifs is 2. The number of hydrogen-bond donors (Lipinski definition) is 1. The Kier molecular flexibility index (Phi) is 5.89. The van der Waals surface area contributed by atoms with Gasteiger partial charge in [-0.1, -0.05) is 26.8 Å². The molecule has 2 saturated carbocycles. The summed E-state index contributed by atoms with van der Waals surface area (Å²) in [4.78, 5) is 13.3. The minimum absolute atomic E-state index is 0.0443. The van der Waals surface area contributed by atoms with Gasteiger partial charge in [-0.15, -0.1) is 0 Å². The highest BCUT2D eigenvalue weighted by Gasteiger charge is 2.59. The molecule has 2 aliphatic carbocycles. The van der Waals surface area contributed by atoms with Crippen molar-refractivity contribution in [3.8, 4) is 0 Å². The van der Waals surface area contributed by atoms with Crippen LogP contribution in [-0.4, -0.2) is 52.0 Å². The molecule has 3 unspecified atom stereocenters. The van der Waals surface area contributed by atoms with Gasteiger partial charge in [0.2, 0.25) is 10.0 Å². The van der Waals surface area contributed by atoms with Crippen LogP contribution >= 0.6 is 0 Å². The maximum atomic E-state index is 13.1. The lowest BCUT2D eigenvalue weighted by atomic mass is 9.68. The lowest BCUT2D eigenvalue weighted by Gasteiger charge is -2.43. The van der Waals surface area contributed by atoms with Gasteiger partial charge in [0.15, 0.2) is 0 Å². The van der Waals surface area contributed by atoms with E-state index in [1.54, 1.807) is 19.1 Å². The molecule has 0 heterocycles. The van der Waals surface area contributed by atoms with Gasteiger partial charge >= 0.3 is 0 Å². The van der Waals surface area contributed by atoms with Crippen molar-refractivity contribution in [1.29, 1.82) is 0 Å². The van der Waals surface area contributed by atoms with Gasteiger partial charge in [-0.25, -0.2) is 8.42 Å². The highest BCUT2D eigenvalue weighted by Crippen LogP contribution is 2.62. The summed E-state index contributed by atoms with van der Waals surface area (Å²) in [6.07, 6.45) is 3.49. The molecule has 7 heteroatoms. The van der Waals surface area contributed by atoms with Gasteiger partial charge in [-0.05, 0) is 60.6 Å². The summed E-state index contributed by atoms with van der Waals surface area (Å²) in [5, 5.41) is 3.25. The maximum absolute atomic E-state index is 13.1. The molecule has 1 N–H and O–H groups in total. The summed E-state index contributed by atoms with van der Waals surface area (Å²) in [6.45, 7) is 9.06. The number of carbonyl (C=O) groups excluding carboxylic acids is 1. The van der Waals surface area contributed by atoms with Crippen molar-refractivity contribution >= 4 is 15.9 Å². The zero-order valence-corrected chi connectivity index (χ0v) is 19.2. The van der Waals surface area contributed by atoms with Crippen LogP contribution in [0.25, 0.3) is 0 Å². The number of carbonyl (C=O) groups is 1. The highest BCUT2D eigenvalue weighted by atomic mass is 32.2. The second kappa shape index (κ2) is 7.67. The first-order valence-corrected chi connectivity index (χ1v) is 11.7. The smallest absolute Gasteiger partial charge is 0.251 e.